The lowest BCUT2D eigenvalue weighted by atomic mass is 9.99. The number of nitrogens with zero attached hydrogens (tertiary/aromatic N) is 1. The summed E-state index contributed by atoms with van der Waals surface area (Å²) in [5.41, 5.74) is 3.26. The summed E-state index contributed by atoms with van der Waals surface area (Å²) in [6.07, 6.45) is 0. The van der Waals surface area contributed by atoms with Crippen molar-refractivity contribution in [2.75, 3.05) is 11.1 Å². The number of Topliss-reactive ketones (excluding diaryl/α,β-unsaturated/α-hetero) is 1. The molecule has 0 unspecified atom stereocenters. The van der Waals surface area contributed by atoms with Gasteiger partial charge in [0.25, 0.3) is 0 Å². The van der Waals surface area contributed by atoms with Crippen LogP contribution in [0.4, 0.5) is 5.69 Å². The van der Waals surface area contributed by atoms with E-state index in [1.54, 1.807) is 6.07 Å². The van der Waals surface area contributed by atoms with E-state index in [1.165, 1.54) is 11.8 Å². The van der Waals surface area contributed by atoms with Crippen LogP contribution in [0.1, 0.15) is 28.8 Å². The van der Waals surface area contributed by atoms with Crippen molar-refractivity contribution in [3.63, 3.8) is 0 Å². The molecule has 0 bridgehead atoms. The van der Waals surface area contributed by atoms with Crippen LogP contribution in [-0.2, 0) is 4.79 Å². The van der Waals surface area contributed by atoms with E-state index >= 15 is 0 Å². The second kappa shape index (κ2) is 6.33. The first kappa shape index (κ1) is 15.8. The van der Waals surface area contributed by atoms with Crippen molar-refractivity contribution in [2.24, 2.45) is 0 Å². The highest BCUT2D eigenvalue weighted by atomic mass is 32.2. The molecule has 124 valence electrons. The average molecular weight is 348 g/mol. The summed E-state index contributed by atoms with van der Waals surface area (Å²) in [6, 6.07) is 17.3. The largest absolute Gasteiger partial charge is 0.325 e. The third kappa shape index (κ3) is 3.03. The summed E-state index contributed by atoms with van der Waals surface area (Å²) in [6.45, 7) is 1.85. The van der Waals surface area contributed by atoms with Crippen LogP contribution in [0.15, 0.2) is 59.6 Å². The number of carbonyl (C=O) groups excluding carboxylic acids is 2. The molecule has 1 aromatic heterocycles. The van der Waals surface area contributed by atoms with Crippen molar-refractivity contribution in [1.29, 1.82) is 0 Å². The molecule has 0 saturated carbocycles. The van der Waals surface area contributed by atoms with E-state index in [1.807, 2.05) is 55.5 Å². The molecule has 0 aliphatic carbocycles. The number of carbonyl (C=O) groups is 2. The summed E-state index contributed by atoms with van der Waals surface area (Å²) in [5.74, 6) is 0.126. The lowest BCUT2D eigenvalue weighted by Gasteiger charge is -2.06. The Balaban J connectivity index is 1.49. The topological polar surface area (TPSA) is 59.1 Å². The number of ketones is 1. The van der Waals surface area contributed by atoms with E-state index in [0.29, 0.717) is 11.3 Å². The zero-order valence-electron chi connectivity index (χ0n) is 13.7. The van der Waals surface area contributed by atoms with Crippen LogP contribution in [0.25, 0.3) is 10.9 Å². The summed E-state index contributed by atoms with van der Waals surface area (Å²) < 4.78 is 0. The lowest BCUT2D eigenvalue weighted by Crippen LogP contribution is -2.08. The van der Waals surface area contributed by atoms with Crippen molar-refractivity contribution < 1.29 is 9.59 Å². The SMILES string of the molecule is C[C@@H]1C(=O)Nc2ccc(C(=O)CSc3ccc4ccccc4n3)cc21. The van der Waals surface area contributed by atoms with Crippen LogP contribution < -0.4 is 5.32 Å². The highest BCUT2D eigenvalue weighted by molar-refractivity contribution is 7.99. The number of fused-ring (bicyclic) bond motifs is 2. The van der Waals surface area contributed by atoms with E-state index in [4.69, 9.17) is 0 Å². The molecule has 25 heavy (non-hydrogen) atoms. The molecule has 0 spiro atoms. The Labute approximate surface area is 149 Å². The van der Waals surface area contributed by atoms with E-state index in [-0.39, 0.29) is 17.6 Å². The Morgan fingerprint density at radius 1 is 1.16 bits per heavy atom. The Bertz CT molecular complexity index is 1000. The van der Waals surface area contributed by atoms with Gasteiger partial charge in [-0.25, -0.2) is 4.98 Å². The summed E-state index contributed by atoms with van der Waals surface area (Å²) in [4.78, 5) is 28.8. The molecule has 1 N–H and O–H groups in total. The molecule has 4 nitrogen and oxygen atoms in total. The van der Waals surface area contributed by atoms with E-state index in [2.05, 4.69) is 10.3 Å². The fourth-order valence-corrected chi connectivity index (χ4v) is 3.71. The Morgan fingerprint density at radius 3 is 2.88 bits per heavy atom. The molecular formula is C20H16N2O2S. The van der Waals surface area contributed by atoms with Crippen LogP contribution in [0.5, 0.6) is 0 Å². The minimum atomic E-state index is -0.211. The number of hydrogen-bond donors (Lipinski definition) is 1. The van der Waals surface area contributed by atoms with Crippen molar-refractivity contribution in [3.8, 4) is 0 Å². The number of amides is 1. The highest BCUT2D eigenvalue weighted by Gasteiger charge is 2.27. The van der Waals surface area contributed by atoms with Gasteiger partial charge in [-0.3, -0.25) is 9.59 Å². The van der Waals surface area contributed by atoms with Crippen molar-refractivity contribution in [3.05, 3.63) is 65.7 Å². The van der Waals surface area contributed by atoms with Gasteiger partial charge in [0.05, 0.1) is 22.2 Å². The van der Waals surface area contributed by atoms with Gasteiger partial charge in [-0.1, -0.05) is 36.0 Å². The molecule has 2 aromatic carbocycles. The second-order valence-electron chi connectivity index (χ2n) is 6.07. The molecule has 2 heterocycles. The fourth-order valence-electron chi connectivity index (χ4n) is 2.94. The Morgan fingerprint density at radius 2 is 2.00 bits per heavy atom. The Kier molecular flexibility index (Phi) is 4.01. The standard InChI is InChI=1S/C20H16N2O2S/c1-12-15-10-14(6-8-17(15)22-20(12)24)18(23)11-25-19-9-7-13-4-2-3-5-16(13)21-19/h2-10,12H,11H2,1H3,(H,22,24)/t12-/m0/s1. The van der Waals surface area contributed by atoms with Gasteiger partial charge >= 0.3 is 0 Å². The molecule has 1 aliphatic rings. The summed E-state index contributed by atoms with van der Waals surface area (Å²) >= 11 is 1.43. The minimum absolute atomic E-state index is 0.0191. The smallest absolute Gasteiger partial charge is 0.231 e. The van der Waals surface area contributed by atoms with Gasteiger partial charge in [-0.15, -0.1) is 0 Å². The quantitative estimate of drug-likeness (QED) is 0.565. The van der Waals surface area contributed by atoms with E-state index in [0.717, 1.165) is 27.2 Å². The number of hydrogen-bond acceptors (Lipinski definition) is 4. The third-order valence-electron chi connectivity index (χ3n) is 4.42. The van der Waals surface area contributed by atoms with Gasteiger partial charge < -0.3 is 5.32 Å². The van der Waals surface area contributed by atoms with E-state index < -0.39 is 0 Å². The van der Waals surface area contributed by atoms with Crippen molar-refractivity contribution in [1.82, 2.24) is 4.98 Å². The average Bonchev–Trinajstić information content (AvgIpc) is 2.93. The molecule has 5 heteroatoms. The predicted octanol–water partition coefficient (Wildman–Crippen LogP) is 4.27. The molecular weight excluding hydrogens is 332 g/mol. The zero-order chi connectivity index (χ0) is 17.4. The molecule has 3 aromatic rings. The number of pyridine rings is 1. The normalized spacial score (nSPS) is 15.9. The molecule has 1 aliphatic heterocycles. The summed E-state index contributed by atoms with van der Waals surface area (Å²) in [5, 5.41) is 4.74. The van der Waals surface area contributed by atoms with Gasteiger partial charge in [0.1, 0.15) is 0 Å². The fraction of sp³-hybridized carbons (Fsp3) is 0.150. The minimum Gasteiger partial charge on any atom is -0.325 e. The van der Waals surface area contributed by atoms with Crippen LogP contribution >= 0.6 is 11.8 Å². The highest BCUT2D eigenvalue weighted by Crippen LogP contribution is 2.33. The predicted molar refractivity (Wildman–Crippen MR) is 100 cm³/mol. The second-order valence-corrected chi connectivity index (χ2v) is 7.06. The van der Waals surface area contributed by atoms with Gasteiger partial charge in [0, 0.05) is 16.6 Å². The van der Waals surface area contributed by atoms with Gasteiger partial charge in [-0.05, 0) is 42.8 Å². The first-order chi connectivity index (χ1) is 12.1. The number of thioether (sulfide) groups is 1. The number of nitrogens with one attached hydrogen (secondary N) is 1. The number of anilines is 1. The van der Waals surface area contributed by atoms with Crippen LogP contribution in [-0.4, -0.2) is 22.4 Å². The maximum absolute atomic E-state index is 12.5. The number of benzene rings is 2. The number of rotatable bonds is 4. The molecule has 1 amide bonds. The van der Waals surface area contributed by atoms with Crippen LogP contribution in [0.3, 0.4) is 0 Å². The first-order valence-electron chi connectivity index (χ1n) is 8.08. The number of aromatic nitrogens is 1. The third-order valence-corrected chi connectivity index (χ3v) is 5.34. The Hall–Kier alpha value is -2.66. The van der Waals surface area contributed by atoms with Crippen LogP contribution in [0.2, 0.25) is 0 Å². The lowest BCUT2D eigenvalue weighted by molar-refractivity contribution is -0.116. The molecule has 4 rings (SSSR count). The number of para-hydroxylation sites is 1. The van der Waals surface area contributed by atoms with Crippen LogP contribution in [0, 0.1) is 0 Å². The van der Waals surface area contributed by atoms with E-state index in [9.17, 15) is 9.59 Å². The summed E-state index contributed by atoms with van der Waals surface area (Å²) in [7, 11) is 0. The van der Waals surface area contributed by atoms with Crippen molar-refractivity contribution in [2.45, 2.75) is 17.9 Å². The van der Waals surface area contributed by atoms with Gasteiger partial charge in [-0.2, -0.15) is 0 Å². The van der Waals surface area contributed by atoms with Gasteiger partial charge in [0.15, 0.2) is 5.78 Å². The van der Waals surface area contributed by atoms with Gasteiger partial charge in [0.2, 0.25) is 5.91 Å². The maximum atomic E-state index is 12.5. The molecule has 1 atom stereocenters. The monoisotopic (exact) mass is 348 g/mol. The molecule has 0 radical (unpaired) electrons. The molecule has 0 saturated heterocycles. The van der Waals surface area contributed by atoms with Crippen molar-refractivity contribution >= 4 is 40.0 Å². The maximum Gasteiger partial charge on any atom is 0.231 e. The zero-order valence-corrected chi connectivity index (χ0v) is 14.5. The molecule has 0 fully saturated rings. The first-order valence-corrected chi connectivity index (χ1v) is 9.07.